The molecule has 0 atom stereocenters. The van der Waals surface area contributed by atoms with Crippen molar-refractivity contribution in [1.82, 2.24) is 5.32 Å². The second-order valence-electron chi connectivity index (χ2n) is 8.66. The van der Waals surface area contributed by atoms with Gasteiger partial charge < -0.3 is 15.4 Å². The number of carbonyl (C=O) groups is 1. The van der Waals surface area contributed by atoms with Gasteiger partial charge in [0.15, 0.2) is 0 Å². The average molecular weight is 431 g/mol. The van der Waals surface area contributed by atoms with Crippen LogP contribution in [-0.2, 0) is 11.3 Å². The molecule has 0 radical (unpaired) electrons. The Bertz CT molecular complexity index is 1010. The molecule has 0 aromatic heterocycles. The molecule has 0 fully saturated rings. The fraction of sp³-hybridized carbons (Fsp3) is 0.321. The van der Waals surface area contributed by atoms with Crippen LogP contribution in [0.3, 0.4) is 0 Å². The number of hydrogen-bond acceptors (Lipinski definition) is 3. The summed E-state index contributed by atoms with van der Waals surface area (Å²) in [5.74, 6) is 1.49. The molecule has 168 valence electrons. The van der Waals surface area contributed by atoms with Gasteiger partial charge in [0.2, 0.25) is 5.91 Å². The summed E-state index contributed by atoms with van der Waals surface area (Å²) in [6.07, 6.45) is 0. The normalized spacial score (nSPS) is 11.1. The zero-order valence-corrected chi connectivity index (χ0v) is 19.7. The molecule has 0 aliphatic carbocycles. The summed E-state index contributed by atoms with van der Waals surface area (Å²) in [5.41, 5.74) is 6.73. The van der Waals surface area contributed by atoms with Gasteiger partial charge in [-0.05, 0) is 51.8 Å². The molecule has 4 heteroatoms. The standard InChI is InChI=1S/C28H34N2O2/c1-19(2)24-11-8-12-25(20(3)4)28(24)30-27(31)18-29-17-22-9-6-7-10-26(22)21-13-15-23(32-5)16-14-21/h6-16,19-20,29H,17-18H2,1-5H3,(H,30,31). The van der Waals surface area contributed by atoms with Crippen molar-refractivity contribution in [1.29, 1.82) is 0 Å². The van der Waals surface area contributed by atoms with Crippen LogP contribution in [0, 0.1) is 0 Å². The number of benzene rings is 3. The van der Waals surface area contributed by atoms with E-state index in [1.807, 2.05) is 24.3 Å². The molecule has 1 amide bonds. The van der Waals surface area contributed by atoms with Crippen molar-refractivity contribution in [3.8, 4) is 16.9 Å². The number of carbonyl (C=O) groups excluding carboxylic acids is 1. The summed E-state index contributed by atoms with van der Waals surface area (Å²) in [6.45, 7) is 9.49. The van der Waals surface area contributed by atoms with E-state index >= 15 is 0 Å². The highest BCUT2D eigenvalue weighted by atomic mass is 16.5. The summed E-state index contributed by atoms with van der Waals surface area (Å²) >= 11 is 0. The van der Waals surface area contributed by atoms with Gasteiger partial charge in [-0.15, -0.1) is 0 Å². The number of anilines is 1. The van der Waals surface area contributed by atoms with Gasteiger partial charge in [-0.2, -0.15) is 0 Å². The zero-order chi connectivity index (χ0) is 23.1. The second kappa shape index (κ2) is 11.0. The van der Waals surface area contributed by atoms with E-state index in [-0.39, 0.29) is 12.5 Å². The van der Waals surface area contributed by atoms with Gasteiger partial charge in [0, 0.05) is 12.2 Å². The minimum Gasteiger partial charge on any atom is -0.497 e. The molecule has 0 saturated heterocycles. The molecule has 2 N–H and O–H groups in total. The van der Waals surface area contributed by atoms with Crippen LogP contribution in [0.5, 0.6) is 5.75 Å². The molecular formula is C28H34N2O2. The molecule has 0 bridgehead atoms. The largest absolute Gasteiger partial charge is 0.497 e. The summed E-state index contributed by atoms with van der Waals surface area (Å²) in [6, 6.07) is 22.6. The van der Waals surface area contributed by atoms with Crippen molar-refractivity contribution >= 4 is 11.6 Å². The van der Waals surface area contributed by atoms with E-state index in [9.17, 15) is 4.79 Å². The number of para-hydroxylation sites is 1. The Morgan fingerprint density at radius 1 is 0.844 bits per heavy atom. The lowest BCUT2D eigenvalue weighted by Gasteiger charge is -2.20. The Labute approximate surface area is 192 Å². The fourth-order valence-electron chi connectivity index (χ4n) is 3.92. The molecule has 0 aliphatic rings. The maximum Gasteiger partial charge on any atom is 0.238 e. The minimum absolute atomic E-state index is 0.0260. The highest BCUT2D eigenvalue weighted by molar-refractivity contribution is 5.94. The van der Waals surface area contributed by atoms with Crippen molar-refractivity contribution in [3.05, 3.63) is 83.4 Å². The first-order valence-corrected chi connectivity index (χ1v) is 11.3. The molecule has 0 unspecified atom stereocenters. The van der Waals surface area contributed by atoms with Crippen molar-refractivity contribution in [2.75, 3.05) is 19.0 Å². The monoisotopic (exact) mass is 430 g/mol. The van der Waals surface area contributed by atoms with E-state index in [0.717, 1.165) is 28.1 Å². The van der Waals surface area contributed by atoms with Crippen LogP contribution in [0.4, 0.5) is 5.69 Å². The zero-order valence-electron chi connectivity index (χ0n) is 19.7. The van der Waals surface area contributed by atoms with E-state index in [2.05, 4.69) is 80.8 Å². The van der Waals surface area contributed by atoms with Gasteiger partial charge in [-0.1, -0.05) is 82.3 Å². The molecule has 32 heavy (non-hydrogen) atoms. The highest BCUT2D eigenvalue weighted by Gasteiger charge is 2.16. The molecule has 0 heterocycles. The van der Waals surface area contributed by atoms with E-state index in [1.54, 1.807) is 7.11 Å². The van der Waals surface area contributed by atoms with Gasteiger partial charge in [0.05, 0.1) is 13.7 Å². The quantitative estimate of drug-likeness (QED) is 0.417. The van der Waals surface area contributed by atoms with Crippen LogP contribution in [0.2, 0.25) is 0 Å². The third-order valence-corrected chi connectivity index (χ3v) is 5.66. The Hall–Kier alpha value is -3.11. The number of methoxy groups -OCH3 is 1. The lowest BCUT2D eigenvalue weighted by molar-refractivity contribution is -0.115. The fourth-order valence-corrected chi connectivity index (χ4v) is 3.92. The van der Waals surface area contributed by atoms with Crippen LogP contribution < -0.4 is 15.4 Å². The number of ether oxygens (including phenoxy) is 1. The van der Waals surface area contributed by atoms with Gasteiger partial charge in [-0.3, -0.25) is 4.79 Å². The predicted octanol–water partition coefficient (Wildman–Crippen LogP) is 6.34. The second-order valence-corrected chi connectivity index (χ2v) is 8.66. The van der Waals surface area contributed by atoms with E-state index in [1.165, 1.54) is 11.1 Å². The molecule has 0 aliphatic heterocycles. The van der Waals surface area contributed by atoms with Gasteiger partial charge in [0.25, 0.3) is 0 Å². The van der Waals surface area contributed by atoms with Crippen molar-refractivity contribution < 1.29 is 9.53 Å². The summed E-state index contributed by atoms with van der Waals surface area (Å²) in [4.78, 5) is 12.8. The lowest BCUT2D eigenvalue weighted by atomic mass is 9.92. The van der Waals surface area contributed by atoms with Crippen molar-refractivity contribution in [2.45, 2.75) is 46.1 Å². The van der Waals surface area contributed by atoms with Crippen molar-refractivity contribution in [3.63, 3.8) is 0 Å². The molecule has 3 aromatic carbocycles. The minimum atomic E-state index is -0.0260. The van der Waals surface area contributed by atoms with Crippen LogP contribution in [-0.4, -0.2) is 19.6 Å². The van der Waals surface area contributed by atoms with Gasteiger partial charge in [-0.25, -0.2) is 0 Å². The van der Waals surface area contributed by atoms with E-state index in [0.29, 0.717) is 18.4 Å². The van der Waals surface area contributed by atoms with Crippen LogP contribution in [0.25, 0.3) is 11.1 Å². The number of nitrogens with one attached hydrogen (secondary N) is 2. The summed E-state index contributed by atoms with van der Waals surface area (Å²) in [7, 11) is 1.67. The first kappa shape index (κ1) is 23.6. The van der Waals surface area contributed by atoms with E-state index < -0.39 is 0 Å². The molecule has 3 rings (SSSR count). The van der Waals surface area contributed by atoms with Gasteiger partial charge in [0.1, 0.15) is 5.75 Å². The highest BCUT2D eigenvalue weighted by Crippen LogP contribution is 2.32. The van der Waals surface area contributed by atoms with Crippen LogP contribution >= 0.6 is 0 Å². The molecular weight excluding hydrogens is 396 g/mol. The predicted molar refractivity (Wildman–Crippen MR) is 133 cm³/mol. The Balaban J connectivity index is 1.68. The average Bonchev–Trinajstić information content (AvgIpc) is 2.79. The Kier molecular flexibility index (Phi) is 8.07. The molecule has 3 aromatic rings. The topological polar surface area (TPSA) is 50.4 Å². The smallest absolute Gasteiger partial charge is 0.238 e. The molecule has 0 spiro atoms. The van der Waals surface area contributed by atoms with Crippen molar-refractivity contribution in [2.24, 2.45) is 0 Å². The third kappa shape index (κ3) is 5.77. The Morgan fingerprint density at radius 2 is 1.47 bits per heavy atom. The summed E-state index contributed by atoms with van der Waals surface area (Å²) < 4.78 is 5.26. The number of amides is 1. The SMILES string of the molecule is COc1ccc(-c2ccccc2CNCC(=O)Nc2c(C(C)C)cccc2C(C)C)cc1. The number of hydrogen-bond donors (Lipinski definition) is 2. The third-order valence-electron chi connectivity index (χ3n) is 5.66. The first-order chi connectivity index (χ1) is 15.4. The maximum atomic E-state index is 12.8. The van der Waals surface area contributed by atoms with E-state index in [4.69, 9.17) is 4.74 Å². The molecule has 0 saturated carbocycles. The van der Waals surface area contributed by atoms with Gasteiger partial charge >= 0.3 is 0 Å². The van der Waals surface area contributed by atoms with Crippen LogP contribution in [0.15, 0.2) is 66.7 Å². The summed E-state index contributed by atoms with van der Waals surface area (Å²) in [5, 5.41) is 6.49. The maximum absolute atomic E-state index is 12.8. The molecule has 4 nitrogen and oxygen atoms in total. The van der Waals surface area contributed by atoms with Crippen LogP contribution in [0.1, 0.15) is 56.2 Å². The lowest BCUT2D eigenvalue weighted by Crippen LogP contribution is -2.28. The number of rotatable bonds is 9. The first-order valence-electron chi connectivity index (χ1n) is 11.3. The Morgan fingerprint density at radius 3 is 2.06 bits per heavy atom.